The molecule has 0 unspecified atom stereocenters. The lowest BCUT2D eigenvalue weighted by Gasteiger charge is -2.23. The van der Waals surface area contributed by atoms with E-state index in [9.17, 15) is 14.0 Å². The zero-order valence-electron chi connectivity index (χ0n) is 21.1. The van der Waals surface area contributed by atoms with Crippen molar-refractivity contribution in [2.24, 2.45) is 0 Å². The lowest BCUT2D eigenvalue weighted by atomic mass is 10.0. The van der Waals surface area contributed by atoms with Crippen molar-refractivity contribution in [3.63, 3.8) is 0 Å². The van der Waals surface area contributed by atoms with Crippen LogP contribution in [0.4, 0.5) is 4.39 Å². The average Bonchev–Trinajstić information content (AvgIpc) is 3.19. The molecule has 1 aliphatic heterocycles. The fourth-order valence-corrected chi connectivity index (χ4v) is 4.61. The second-order valence-corrected chi connectivity index (χ2v) is 9.36. The molecule has 8 heteroatoms. The molecule has 0 radical (unpaired) electrons. The van der Waals surface area contributed by atoms with E-state index in [0.29, 0.717) is 50.3 Å². The second-order valence-electron chi connectivity index (χ2n) is 9.36. The van der Waals surface area contributed by atoms with Gasteiger partial charge < -0.3 is 14.5 Å². The number of ether oxygens (including phenoxy) is 1. The fraction of sp³-hybridized carbons (Fsp3) is 0.393. The number of hydrogen-bond donors (Lipinski definition) is 0. The van der Waals surface area contributed by atoms with Crippen LogP contribution in [0.1, 0.15) is 54.2 Å². The van der Waals surface area contributed by atoms with E-state index >= 15 is 0 Å². The Labute approximate surface area is 211 Å². The van der Waals surface area contributed by atoms with E-state index in [0.717, 1.165) is 23.4 Å². The van der Waals surface area contributed by atoms with Gasteiger partial charge in [0.2, 0.25) is 5.91 Å². The summed E-state index contributed by atoms with van der Waals surface area (Å²) in [5.74, 6) is 0.540. The number of amides is 2. The third-order valence-electron chi connectivity index (χ3n) is 6.58. The Morgan fingerprint density at radius 3 is 2.31 bits per heavy atom. The normalized spacial score (nSPS) is 14.1. The molecule has 1 aliphatic rings. The monoisotopic (exact) mass is 492 g/mol. The molecule has 0 saturated carbocycles. The van der Waals surface area contributed by atoms with E-state index < -0.39 is 0 Å². The Kier molecular flexibility index (Phi) is 8.03. The zero-order chi connectivity index (χ0) is 25.7. The smallest absolute Gasteiger partial charge is 0.257 e. The van der Waals surface area contributed by atoms with Crippen molar-refractivity contribution in [1.82, 2.24) is 19.6 Å². The molecule has 0 N–H and O–H groups in total. The van der Waals surface area contributed by atoms with Crippen LogP contribution < -0.4 is 4.74 Å². The van der Waals surface area contributed by atoms with E-state index in [1.54, 1.807) is 30.1 Å². The summed E-state index contributed by atoms with van der Waals surface area (Å²) in [4.78, 5) is 30.1. The number of halogens is 1. The molecular formula is C28H33FN4O3. The number of aromatic nitrogens is 2. The molecule has 1 fully saturated rings. The van der Waals surface area contributed by atoms with Crippen LogP contribution in [0.3, 0.4) is 0 Å². The van der Waals surface area contributed by atoms with Crippen molar-refractivity contribution >= 4 is 11.8 Å². The summed E-state index contributed by atoms with van der Waals surface area (Å²) in [6.07, 6.45) is 3.43. The minimum absolute atomic E-state index is 0.0412. The van der Waals surface area contributed by atoms with E-state index in [1.807, 2.05) is 47.9 Å². The number of benzene rings is 2. The summed E-state index contributed by atoms with van der Waals surface area (Å²) in [5, 5.41) is 4.46. The maximum atomic E-state index is 13.5. The molecule has 2 aromatic carbocycles. The number of aryl methyl sites for hydroxylation is 1. The molecule has 36 heavy (non-hydrogen) atoms. The molecule has 4 rings (SSSR count). The molecule has 190 valence electrons. The van der Waals surface area contributed by atoms with Gasteiger partial charge in [0.1, 0.15) is 11.6 Å². The second kappa shape index (κ2) is 11.4. The minimum Gasteiger partial charge on any atom is -0.497 e. The molecule has 0 bridgehead atoms. The van der Waals surface area contributed by atoms with Crippen LogP contribution in [0.15, 0.2) is 54.7 Å². The molecule has 2 heterocycles. The molecule has 0 spiro atoms. The number of rotatable bonds is 7. The maximum Gasteiger partial charge on any atom is 0.257 e. The first-order chi connectivity index (χ1) is 17.4. The van der Waals surface area contributed by atoms with Crippen LogP contribution in [0.5, 0.6) is 5.75 Å². The number of hydrogen-bond acceptors (Lipinski definition) is 4. The molecule has 0 aliphatic carbocycles. The Morgan fingerprint density at radius 1 is 0.972 bits per heavy atom. The molecule has 1 aromatic heterocycles. The topological polar surface area (TPSA) is 67.7 Å². The van der Waals surface area contributed by atoms with Gasteiger partial charge in [-0.05, 0) is 60.7 Å². The van der Waals surface area contributed by atoms with Crippen LogP contribution in [0.25, 0.3) is 5.69 Å². The third kappa shape index (κ3) is 5.75. The highest BCUT2D eigenvalue weighted by atomic mass is 19.1. The lowest BCUT2D eigenvalue weighted by Crippen LogP contribution is -2.37. The number of carbonyl (C=O) groups is 2. The maximum absolute atomic E-state index is 13.5. The predicted octanol–water partition coefficient (Wildman–Crippen LogP) is 4.45. The van der Waals surface area contributed by atoms with Gasteiger partial charge in [-0.1, -0.05) is 26.0 Å². The van der Waals surface area contributed by atoms with Gasteiger partial charge in [-0.15, -0.1) is 0 Å². The van der Waals surface area contributed by atoms with Crippen LogP contribution >= 0.6 is 0 Å². The molecule has 3 aromatic rings. The highest BCUT2D eigenvalue weighted by Gasteiger charge is 2.27. The van der Waals surface area contributed by atoms with Gasteiger partial charge in [0, 0.05) is 32.6 Å². The third-order valence-corrected chi connectivity index (χ3v) is 6.58. The molecule has 0 atom stereocenters. The van der Waals surface area contributed by atoms with Crippen LogP contribution in [0.2, 0.25) is 0 Å². The summed E-state index contributed by atoms with van der Waals surface area (Å²) in [6.45, 7) is 6.24. The Morgan fingerprint density at radius 2 is 1.64 bits per heavy atom. The van der Waals surface area contributed by atoms with Gasteiger partial charge in [0.25, 0.3) is 5.91 Å². The van der Waals surface area contributed by atoms with Crippen LogP contribution in [0, 0.1) is 5.82 Å². The first kappa shape index (κ1) is 25.4. The van der Waals surface area contributed by atoms with Crippen LogP contribution in [-0.4, -0.2) is 64.7 Å². The van der Waals surface area contributed by atoms with Crippen molar-refractivity contribution in [1.29, 1.82) is 0 Å². The van der Waals surface area contributed by atoms with Gasteiger partial charge in [-0.25, -0.2) is 9.07 Å². The van der Waals surface area contributed by atoms with Crippen molar-refractivity contribution < 1.29 is 18.7 Å². The fourth-order valence-electron chi connectivity index (χ4n) is 4.61. The van der Waals surface area contributed by atoms with Gasteiger partial charge in [0.15, 0.2) is 0 Å². The number of methoxy groups -OCH3 is 1. The first-order valence-electron chi connectivity index (χ1n) is 12.4. The predicted molar refractivity (Wildman–Crippen MR) is 136 cm³/mol. The van der Waals surface area contributed by atoms with Crippen molar-refractivity contribution in [3.05, 3.63) is 77.4 Å². The van der Waals surface area contributed by atoms with Crippen molar-refractivity contribution in [2.45, 2.75) is 39.0 Å². The number of nitrogens with zero attached hydrogens (tertiary/aromatic N) is 4. The minimum atomic E-state index is -0.319. The first-order valence-corrected chi connectivity index (χ1v) is 12.4. The standard InChI is InChI=1S/C28H33FN4O3/c1-20(2)27-25(19-30-33(27)23-10-8-22(29)9-11-23)28(35)32-16-4-15-31(17-18-32)26(34)14-7-21-5-12-24(36-3)13-6-21/h5-6,8-13,19-20H,4,7,14-18H2,1-3H3. The van der Waals surface area contributed by atoms with Gasteiger partial charge in [-0.2, -0.15) is 5.10 Å². The Balaban J connectivity index is 1.40. The van der Waals surface area contributed by atoms with Gasteiger partial charge in [0.05, 0.1) is 30.3 Å². The summed E-state index contributed by atoms with van der Waals surface area (Å²) < 4.78 is 20.3. The summed E-state index contributed by atoms with van der Waals surface area (Å²) in [5.41, 5.74) is 3.15. The summed E-state index contributed by atoms with van der Waals surface area (Å²) >= 11 is 0. The highest BCUT2D eigenvalue weighted by molar-refractivity contribution is 5.95. The Hall–Kier alpha value is -3.68. The zero-order valence-corrected chi connectivity index (χ0v) is 21.1. The Bertz CT molecular complexity index is 1190. The average molecular weight is 493 g/mol. The molecule has 1 saturated heterocycles. The SMILES string of the molecule is COc1ccc(CCC(=O)N2CCCN(C(=O)c3cnn(-c4ccc(F)cc4)c3C(C)C)CC2)cc1. The van der Waals surface area contributed by atoms with Crippen LogP contribution in [-0.2, 0) is 11.2 Å². The van der Waals surface area contributed by atoms with E-state index in [1.165, 1.54) is 12.1 Å². The van der Waals surface area contributed by atoms with E-state index in [2.05, 4.69) is 5.10 Å². The van der Waals surface area contributed by atoms with Gasteiger partial charge in [-0.3, -0.25) is 9.59 Å². The quantitative estimate of drug-likeness (QED) is 0.489. The lowest BCUT2D eigenvalue weighted by molar-refractivity contribution is -0.131. The van der Waals surface area contributed by atoms with Crippen molar-refractivity contribution in [2.75, 3.05) is 33.3 Å². The van der Waals surface area contributed by atoms with Gasteiger partial charge >= 0.3 is 0 Å². The van der Waals surface area contributed by atoms with E-state index in [-0.39, 0.29) is 23.5 Å². The molecule has 7 nitrogen and oxygen atoms in total. The van der Waals surface area contributed by atoms with E-state index in [4.69, 9.17) is 4.74 Å². The molecule has 2 amide bonds. The largest absolute Gasteiger partial charge is 0.497 e. The summed E-state index contributed by atoms with van der Waals surface area (Å²) in [7, 11) is 1.63. The molecular weight excluding hydrogens is 459 g/mol. The summed E-state index contributed by atoms with van der Waals surface area (Å²) in [6, 6.07) is 13.8. The van der Waals surface area contributed by atoms with Crippen molar-refractivity contribution in [3.8, 4) is 11.4 Å². The highest BCUT2D eigenvalue weighted by Crippen LogP contribution is 2.25. The number of carbonyl (C=O) groups excluding carboxylic acids is 2.